The predicted molar refractivity (Wildman–Crippen MR) is 131 cm³/mol. The molecule has 7 nitrogen and oxygen atoms in total. The van der Waals surface area contributed by atoms with Gasteiger partial charge in [-0.3, -0.25) is 9.13 Å². The van der Waals surface area contributed by atoms with Crippen molar-refractivity contribution in [1.82, 2.24) is 29.8 Å². The van der Waals surface area contributed by atoms with Crippen LogP contribution in [-0.2, 0) is 19.5 Å². The number of imidazole rings is 1. The second-order valence-corrected chi connectivity index (χ2v) is 8.98. The summed E-state index contributed by atoms with van der Waals surface area (Å²) in [4.78, 5) is 13.2. The standard InChI is InChI=1S/C26H32N6O/c1-5-16-31-19(4)24(15-10-18(2)3)32(26(31)33)17-20-11-13-21(14-12-20)22-8-6-7-9-23(22)25-27-29-30-28-25/h6-9,11-14,18H,5,10,15-17H2,1-4H3,(H,27,28,29,30). The lowest BCUT2D eigenvalue weighted by Gasteiger charge is -2.11. The maximum absolute atomic E-state index is 13.2. The number of H-pyrrole nitrogens is 1. The molecule has 0 spiro atoms. The number of rotatable bonds is 9. The molecule has 0 saturated heterocycles. The van der Waals surface area contributed by atoms with Gasteiger partial charge in [-0.05, 0) is 59.2 Å². The van der Waals surface area contributed by atoms with Crippen molar-refractivity contribution < 1.29 is 0 Å². The molecule has 0 unspecified atom stereocenters. The average Bonchev–Trinajstić information content (AvgIpc) is 3.43. The summed E-state index contributed by atoms with van der Waals surface area (Å²) in [6.45, 7) is 10.00. The van der Waals surface area contributed by atoms with Crippen LogP contribution in [0.1, 0.15) is 50.6 Å². The number of nitrogens with one attached hydrogen (secondary N) is 1. The van der Waals surface area contributed by atoms with Crippen LogP contribution in [0.5, 0.6) is 0 Å². The second-order valence-electron chi connectivity index (χ2n) is 8.98. The number of benzene rings is 2. The maximum atomic E-state index is 13.2. The van der Waals surface area contributed by atoms with Gasteiger partial charge in [-0.25, -0.2) is 9.89 Å². The quantitative estimate of drug-likeness (QED) is 0.400. The number of aromatic amines is 1. The lowest BCUT2D eigenvalue weighted by Crippen LogP contribution is -2.26. The summed E-state index contributed by atoms with van der Waals surface area (Å²) in [5, 5.41) is 14.3. The molecule has 0 bridgehead atoms. The highest BCUT2D eigenvalue weighted by Gasteiger charge is 2.17. The molecule has 2 heterocycles. The highest BCUT2D eigenvalue weighted by atomic mass is 16.1. The minimum Gasteiger partial charge on any atom is -0.296 e. The molecule has 0 aliphatic heterocycles. The third-order valence-corrected chi connectivity index (χ3v) is 6.15. The Bertz CT molecular complexity index is 1250. The highest BCUT2D eigenvalue weighted by molar-refractivity contribution is 5.80. The molecule has 7 heteroatoms. The molecule has 4 rings (SSSR count). The van der Waals surface area contributed by atoms with E-state index in [-0.39, 0.29) is 5.69 Å². The Morgan fingerprint density at radius 1 is 1.00 bits per heavy atom. The van der Waals surface area contributed by atoms with Crippen LogP contribution in [-0.4, -0.2) is 29.8 Å². The van der Waals surface area contributed by atoms with Crippen molar-refractivity contribution in [3.63, 3.8) is 0 Å². The number of hydrogen-bond acceptors (Lipinski definition) is 4. The van der Waals surface area contributed by atoms with Gasteiger partial charge in [0.2, 0.25) is 0 Å². The third-order valence-electron chi connectivity index (χ3n) is 6.15. The van der Waals surface area contributed by atoms with Crippen LogP contribution in [0.25, 0.3) is 22.5 Å². The predicted octanol–water partition coefficient (Wildman–Crippen LogP) is 4.85. The summed E-state index contributed by atoms with van der Waals surface area (Å²) >= 11 is 0. The molecule has 0 fully saturated rings. The molecular formula is C26H32N6O. The zero-order chi connectivity index (χ0) is 23.4. The maximum Gasteiger partial charge on any atom is 0.328 e. The highest BCUT2D eigenvalue weighted by Crippen LogP contribution is 2.30. The molecule has 33 heavy (non-hydrogen) atoms. The van der Waals surface area contributed by atoms with Crippen molar-refractivity contribution in [2.75, 3.05) is 0 Å². The van der Waals surface area contributed by atoms with Crippen LogP contribution in [0.2, 0.25) is 0 Å². The summed E-state index contributed by atoms with van der Waals surface area (Å²) in [6.07, 6.45) is 2.94. The third kappa shape index (κ3) is 4.82. The Morgan fingerprint density at radius 3 is 2.36 bits per heavy atom. The van der Waals surface area contributed by atoms with Crippen molar-refractivity contribution in [2.45, 2.75) is 60.0 Å². The van der Waals surface area contributed by atoms with Gasteiger partial charge in [0.15, 0.2) is 5.82 Å². The fourth-order valence-corrected chi connectivity index (χ4v) is 4.33. The van der Waals surface area contributed by atoms with Crippen molar-refractivity contribution in [1.29, 1.82) is 0 Å². The fraction of sp³-hybridized carbons (Fsp3) is 0.385. The molecular weight excluding hydrogens is 412 g/mol. The van der Waals surface area contributed by atoms with E-state index in [4.69, 9.17) is 0 Å². The molecule has 0 aliphatic carbocycles. The molecule has 0 amide bonds. The van der Waals surface area contributed by atoms with Gasteiger partial charge in [-0.15, -0.1) is 5.10 Å². The van der Waals surface area contributed by atoms with Gasteiger partial charge in [0.25, 0.3) is 0 Å². The van der Waals surface area contributed by atoms with Crippen LogP contribution < -0.4 is 5.69 Å². The van der Waals surface area contributed by atoms with Gasteiger partial charge in [0, 0.05) is 23.5 Å². The van der Waals surface area contributed by atoms with Crippen LogP contribution >= 0.6 is 0 Å². The lowest BCUT2D eigenvalue weighted by molar-refractivity contribution is 0.564. The van der Waals surface area contributed by atoms with E-state index < -0.39 is 0 Å². The molecule has 0 radical (unpaired) electrons. The first-order valence-electron chi connectivity index (χ1n) is 11.7. The first-order chi connectivity index (χ1) is 16.0. The molecule has 0 aliphatic rings. The molecule has 0 atom stereocenters. The van der Waals surface area contributed by atoms with Gasteiger partial charge in [-0.2, -0.15) is 0 Å². The topological polar surface area (TPSA) is 81.4 Å². The Hall–Kier alpha value is -3.48. The van der Waals surface area contributed by atoms with Crippen LogP contribution in [0.15, 0.2) is 53.3 Å². The Kier molecular flexibility index (Phi) is 6.87. The number of tetrazole rings is 1. The first-order valence-corrected chi connectivity index (χ1v) is 11.7. The van der Waals surface area contributed by atoms with Crippen LogP contribution in [0.3, 0.4) is 0 Å². The zero-order valence-electron chi connectivity index (χ0n) is 19.9. The van der Waals surface area contributed by atoms with E-state index in [2.05, 4.69) is 78.7 Å². The smallest absolute Gasteiger partial charge is 0.296 e. The normalized spacial score (nSPS) is 11.4. The van der Waals surface area contributed by atoms with Crippen molar-refractivity contribution >= 4 is 0 Å². The number of aromatic nitrogens is 6. The molecule has 172 valence electrons. The van der Waals surface area contributed by atoms with Crippen molar-refractivity contribution in [2.24, 2.45) is 5.92 Å². The van der Waals surface area contributed by atoms with Crippen molar-refractivity contribution in [3.05, 3.63) is 76.0 Å². The van der Waals surface area contributed by atoms with E-state index >= 15 is 0 Å². The van der Waals surface area contributed by atoms with Gasteiger partial charge in [-0.1, -0.05) is 69.3 Å². The summed E-state index contributed by atoms with van der Waals surface area (Å²) in [6, 6.07) is 16.5. The van der Waals surface area contributed by atoms with E-state index in [1.54, 1.807) is 0 Å². The van der Waals surface area contributed by atoms with E-state index in [1.165, 1.54) is 0 Å². The average molecular weight is 445 g/mol. The van der Waals surface area contributed by atoms with E-state index in [9.17, 15) is 4.79 Å². The van der Waals surface area contributed by atoms with Gasteiger partial charge in [0.05, 0.1) is 6.54 Å². The Balaban J connectivity index is 1.64. The fourth-order valence-electron chi connectivity index (χ4n) is 4.33. The largest absolute Gasteiger partial charge is 0.328 e. The molecule has 2 aromatic carbocycles. The summed E-state index contributed by atoms with van der Waals surface area (Å²) in [5.74, 6) is 1.24. The van der Waals surface area contributed by atoms with E-state index in [0.717, 1.165) is 59.4 Å². The SMILES string of the molecule is CCCn1c(C)c(CCC(C)C)n(Cc2ccc(-c3ccccc3-c3nnn[nH]3)cc2)c1=O. The van der Waals surface area contributed by atoms with Crippen LogP contribution in [0.4, 0.5) is 0 Å². The zero-order valence-corrected chi connectivity index (χ0v) is 19.9. The molecule has 0 saturated carbocycles. The first kappa shape index (κ1) is 22.7. The van der Waals surface area contributed by atoms with Crippen molar-refractivity contribution in [3.8, 4) is 22.5 Å². The Morgan fingerprint density at radius 2 is 1.73 bits per heavy atom. The monoisotopic (exact) mass is 444 g/mol. The minimum absolute atomic E-state index is 0.0975. The van der Waals surface area contributed by atoms with E-state index in [0.29, 0.717) is 18.3 Å². The minimum atomic E-state index is 0.0975. The molecule has 1 N–H and O–H groups in total. The van der Waals surface area contributed by atoms with E-state index in [1.807, 2.05) is 27.3 Å². The lowest BCUT2D eigenvalue weighted by atomic mass is 9.98. The number of nitrogens with zero attached hydrogens (tertiary/aromatic N) is 5. The number of hydrogen-bond donors (Lipinski definition) is 1. The molecule has 2 aromatic heterocycles. The van der Waals surface area contributed by atoms with Gasteiger partial charge >= 0.3 is 5.69 Å². The summed E-state index contributed by atoms with van der Waals surface area (Å²) in [7, 11) is 0. The van der Waals surface area contributed by atoms with Crippen LogP contribution in [0, 0.1) is 12.8 Å². The Labute approximate surface area is 194 Å². The van der Waals surface area contributed by atoms with Gasteiger partial charge in [0.1, 0.15) is 0 Å². The molecule has 4 aromatic rings. The summed E-state index contributed by atoms with van der Waals surface area (Å²) in [5.41, 5.74) is 6.57. The summed E-state index contributed by atoms with van der Waals surface area (Å²) < 4.78 is 3.90. The second kappa shape index (κ2) is 9.98. The van der Waals surface area contributed by atoms with Gasteiger partial charge < -0.3 is 0 Å².